The van der Waals surface area contributed by atoms with E-state index in [4.69, 9.17) is 10.4 Å². The quantitative estimate of drug-likeness (QED) is 0.533. The smallest absolute Gasteiger partial charge is 0.249 e. The maximum Gasteiger partial charge on any atom is 0.249 e. The number of hydrogen-bond donors (Lipinski definition) is 1. The van der Waals surface area contributed by atoms with Crippen molar-refractivity contribution in [1.29, 1.82) is 5.26 Å². The number of alkyl halides is 1. The summed E-state index contributed by atoms with van der Waals surface area (Å²) in [6.45, 7) is 0. The van der Waals surface area contributed by atoms with Crippen LogP contribution in [0.2, 0.25) is 0 Å². The number of nitriles is 1. The SMILES string of the molecule is N#CC1=CN=CCC1(O)F. The van der Waals surface area contributed by atoms with Crippen LogP contribution >= 0.6 is 0 Å². The molecule has 1 aliphatic heterocycles. The second-order valence-corrected chi connectivity index (χ2v) is 1.95. The molecule has 0 radical (unpaired) electrons. The Morgan fingerprint density at radius 3 is 3.00 bits per heavy atom. The van der Waals surface area contributed by atoms with E-state index < -0.39 is 5.85 Å². The van der Waals surface area contributed by atoms with Gasteiger partial charge >= 0.3 is 0 Å². The molecule has 4 heteroatoms. The van der Waals surface area contributed by atoms with Crippen LogP contribution in [-0.2, 0) is 0 Å². The van der Waals surface area contributed by atoms with Gasteiger partial charge < -0.3 is 5.11 Å². The number of rotatable bonds is 0. The number of halogens is 1. The first-order chi connectivity index (χ1) is 4.67. The molecule has 1 rings (SSSR count). The second kappa shape index (κ2) is 2.20. The third-order valence-electron chi connectivity index (χ3n) is 1.20. The number of aliphatic hydroxyl groups is 1. The van der Waals surface area contributed by atoms with Crippen molar-refractivity contribution in [3.8, 4) is 6.07 Å². The second-order valence-electron chi connectivity index (χ2n) is 1.95. The van der Waals surface area contributed by atoms with Crippen molar-refractivity contribution in [3.05, 3.63) is 11.8 Å². The zero-order valence-corrected chi connectivity index (χ0v) is 5.08. The predicted molar refractivity (Wildman–Crippen MR) is 32.9 cm³/mol. The van der Waals surface area contributed by atoms with Crippen molar-refractivity contribution in [2.24, 2.45) is 4.99 Å². The molecular weight excluding hydrogens is 135 g/mol. The van der Waals surface area contributed by atoms with E-state index in [2.05, 4.69) is 4.99 Å². The molecule has 0 aromatic rings. The lowest BCUT2D eigenvalue weighted by Crippen LogP contribution is -2.26. The fraction of sp³-hybridized carbons (Fsp3) is 0.333. The Labute approximate surface area is 57.1 Å². The van der Waals surface area contributed by atoms with Crippen LogP contribution in [0.4, 0.5) is 4.39 Å². The minimum atomic E-state index is -2.50. The summed E-state index contributed by atoms with van der Waals surface area (Å²) in [7, 11) is 0. The van der Waals surface area contributed by atoms with Crippen LogP contribution in [0.5, 0.6) is 0 Å². The topological polar surface area (TPSA) is 56.4 Å². The van der Waals surface area contributed by atoms with Crippen molar-refractivity contribution in [2.45, 2.75) is 12.3 Å². The highest BCUT2D eigenvalue weighted by Gasteiger charge is 2.32. The van der Waals surface area contributed by atoms with E-state index in [1.54, 1.807) is 0 Å². The van der Waals surface area contributed by atoms with Crippen LogP contribution in [0.15, 0.2) is 16.8 Å². The summed E-state index contributed by atoms with van der Waals surface area (Å²) in [6.07, 6.45) is 2.00. The molecule has 1 N–H and O–H groups in total. The predicted octanol–water partition coefficient (Wildman–Crippen LogP) is 0.526. The molecule has 0 aliphatic carbocycles. The highest BCUT2D eigenvalue weighted by Crippen LogP contribution is 2.23. The Hall–Kier alpha value is -1.21. The molecule has 0 fully saturated rings. The molecule has 0 aromatic carbocycles. The molecule has 0 saturated carbocycles. The molecule has 0 spiro atoms. The van der Waals surface area contributed by atoms with Gasteiger partial charge in [0.25, 0.3) is 0 Å². The molecule has 0 aromatic heterocycles. The van der Waals surface area contributed by atoms with E-state index in [1.165, 1.54) is 12.3 Å². The average Bonchev–Trinajstić information content (AvgIpc) is 1.87. The van der Waals surface area contributed by atoms with Gasteiger partial charge in [0.15, 0.2) is 0 Å². The Morgan fingerprint density at radius 1 is 1.90 bits per heavy atom. The standard InChI is InChI=1S/C6H5FN2O/c7-6(10)1-2-9-4-5(6)3-8/h2,4,10H,1H2. The molecule has 1 aliphatic rings. The maximum atomic E-state index is 12.7. The van der Waals surface area contributed by atoms with E-state index in [0.717, 1.165) is 6.20 Å². The minimum absolute atomic E-state index is 0.244. The zero-order chi connectivity index (χ0) is 7.61. The van der Waals surface area contributed by atoms with Crippen LogP contribution in [0.3, 0.4) is 0 Å². The monoisotopic (exact) mass is 140 g/mol. The molecule has 0 bridgehead atoms. The highest BCUT2D eigenvalue weighted by molar-refractivity contribution is 5.63. The van der Waals surface area contributed by atoms with Crippen molar-refractivity contribution >= 4 is 6.21 Å². The maximum absolute atomic E-state index is 12.7. The Bertz CT molecular complexity index is 237. The molecule has 1 atom stereocenters. The molecule has 1 unspecified atom stereocenters. The third-order valence-corrected chi connectivity index (χ3v) is 1.20. The first kappa shape index (κ1) is 6.90. The van der Waals surface area contributed by atoms with Crippen LogP contribution in [0, 0.1) is 11.3 Å². The summed E-state index contributed by atoms with van der Waals surface area (Å²) in [5, 5.41) is 17.0. The van der Waals surface area contributed by atoms with E-state index >= 15 is 0 Å². The molecule has 1 heterocycles. The fourth-order valence-corrected chi connectivity index (χ4v) is 0.624. The summed E-state index contributed by atoms with van der Waals surface area (Å²) in [6, 6.07) is 1.52. The van der Waals surface area contributed by atoms with Gasteiger partial charge in [-0.05, 0) is 0 Å². The number of aliphatic imine (C=N–C) groups is 1. The lowest BCUT2D eigenvalue weighted by atomic mass is 10.1. The van der Waals surface area contributed by atoms with E-state index in [9.17, 15) is 4.39 Å². The van der Waals surface area contributed by atoms with Gasteiger partial charge in [-0.1, -0.05) is 0 Å². The first-order valence-corrected chi connectivity index (χ1v) is 2.70. The van der Waals surface area contributed by atoms with Crippen LogP contribution in [0.25, 0.3) is 0 Å². The fourth-order valence-electron chi connectivity index (χ4n) is 0.624. The minimum Gasteiger partial charge on any atom is -0.357 e. The molecule has 52 valence electrons. The van der Waals surface area contributed by atoms with E-state index in [-0.39, 0.29) is 12.0 Å². The Balaban J connectivity index is 2.95. The first-order valence-electron chi connectivity index (χ1n) is 2.70. The molecule has 0 saturated heterocycles. The van der Waals surface area contributed by atoms with Gasteiger partial charge in [-0.15, -0.1) is 0 Å². The summed E-state index contributed by atoms with van der Waals surface area (Å²) >= 11 is 0. The summed E-state index contributed by atoms with van der Waals surface area (Å²) in [5.74, 6) is -2.50. The van der Waals surface area contributed by atoms with Gasteiger partial charge in [-0.25, -0.2) is 4.39 Å². The summed E-state index contributed by atoms with van der Waals surface area (Å²) < 4.78 is 12.7. The molecule has 3 nitrogen and oxygen atoms in total. The van der Waals surface area contributed by atoms with Gasteiger partial charge in [-0.2, -0.15) is 5.26 Å². The van der Waals surface area contributed by atoms with Gasteiger partial charge in [0.1, 0.15) is 11.6 Å². The number of hydrogen-bond acceptors (Lipinski definition) is 3. The average molecular weight is 140 g/mol. The van der Waals surface area contributed by atoms with Crippen LogP contribution < -0.4 is 0 Å². The van der Waals surface area contributed by atoms with Crippen molar-refractivity contribution in [2.75, 3.05) is 0 Å². The van der Waals surface area contributed by atoms with Crippen molar-refractivity contribution in [3.63, 3.8) is 0 Å². The molecule has 0 amide bonds. The summed E-state index contributed by atoms with van der Waals surface area (Å²) in [4.78, 5) is 3.52. The Morgan fingerprint density at radius 2 is 2.60 bits per heavy atom. The summed E-state index contributed by atoms with van der Waals surface area (Å²) in [5.41, 5.74) is -0.338. The van der Waals surface area contributed by atoms with Crippen LogP contribution in [0.1, 0.15) is 6.42 Å². The normalized spacial score (nSPS) is 31.1. The van der Waals surface area contributed by atoms with Gasteiger partial charge in [-0.3, -0.25) is 4.99 Å². The largest absolute Gasteiger partial charge is 0.357 e. The van der Waals surface area contributed by atoms with Gasteiger partial charge in [0.2, 0.25) is 5.85 Å². The van der Waals surface area contributed by atoms with Crippen molar-refractivity contribution < 1.29 is 9.50 Å². The molecular formula is C6H5FN2O. The van der Waals surface area contributed by atoms with E-state index in [1.807, 2.05) is 0 Å². The molecule has 10 heavy (non-hydrogen) atoms. The van der Waals surface area contributed by atoms with Crippen molar-refractivity contribution in [1.82, 2.24) is 0 Å². The Kier molecular flexibility index (Phi) is 1.52. The highest BCUT2D eigenvalue weighted by atomic mass is 19.2. The lowest BCUT2D eigenvalue weighted by Gasteiger charge is -2.16. The number of nitrogens with zero attached hydrogens (tertiary/aromatic N) is 2. The zero-order valence-electron chi connectivity index (χ0n) is 5.08. The lowest BCUT2D eigenvalue weighted by molar-refractivity contribution is -0.0413. The van der Waals surface area contributed by atoms with Gasteiger partial charge in [0.05, 0.1) is 0 Å². The van der Waals surface area contributed by atoms with Crippen LogP contribution in [-0.4, -0.2) is 17.2 Å². The van der Waals surface area contributed by atoms with E-state index in [0.29, 0.717) is 0 Å². The van der Waals surface area contributed by atoms with Gasteiger partial charge in [0, 0.05) is 18.8 Å². The third kappa shape index (κ3) is 1.04.